The number of likely N-dealkylation sites (N-methyl/N-ethyl adjacent to an activating group) is 1. The molecule has 1 aromatic rings. The highest BCUT2D eigenvalue weighted by Crippen LogP contribution is 2.15. The number of likely N-dealkylation sites (tertiary alicyclic amines) is 1. The molecule has 0 saturated carbocycles. The van der Waals surface area contributed by atoms with Gasteiger partial charge in [-0.05, 0) is 32.0 Å². The number of aromatic nitrogens is 1. The molecule has 6 nitrogen and oxygen atoms in total. The number of carbonyl (C=O) groups excluding carboxylic acids is 1. The van der Waals surface area contributed by atoms with Crippen LogP contribution in [0.3, 0.4) is 0 Å². The van der Waals surface area contributed by atoms with Crippen LogP contribution in [0.1, 0.15) is 19.8 Å². The normalized spacial score (nSPS) is 19.1. The number of carbonyl (C=O) groups is 1. The molecule has 0 radical (unpaired) electrons. The van der Waals surface area contributed by atoms with Crippen molar-refractivity contribution >= 4 is 11.6 Å². The van der Waals surface area contributed by atoms with E-state index in [1.165, 1.54) is 29.3 Å². The second-order valence-electron chi connectivity index (χ2n) is 5.16. The first kappa shape index (κ1) is 14.6. The van der Waals surface area contributed by atoms with Gasteiger partial charge in [0.1, 0.15) is 6.54 Å². The van der Waals surface area contributed by atoms with Crippen LogP contribution < -0.4 is 16.6 Å². The summed E-state index contributed by atoms with van der Waals surface area (Å²) < 4.78 is 1.33. The summed E-state index contributed by atoms with van der Waals surface area (Å²) in [6.45, 7) is 4.90. The minimum Gasteiger partial charge on any atom is -0.398 e. The summed E-state index contributed by atoms with van der Waals surface area (Å²) in [4.78, 5) is 25.9. The molecule has 1 aliphatic rings. The van der Waals surface area contributed by atoms with E-state index in [-0.39, 0.29) is 18.0 Å². The first-order chi connectivity index (χ1) is 9.60. The fourth-order valence-corrected chi connectivity index (χ4v) is 2.66. The second kappa shape index (κ2) is 6.56. The van der Waals surface area contributed by atoms with Gasteiger partial charge < -0.3 is 15.6 Å². The molecule has 1 aliphatic heterocycles. The Bertz CT molecular complexity index is 526. The van der Waals surface area contributed by atoms with Gasteiger partial charge in [-0.25, -0.2) is 0 Å². The molecule has 1 amide bonds. The summed E-state index contributed by atoms with van der Waals surface area (Å²) in [5.41, 5.74) is 5.87. The Kier molecular flexibility index (Phi) is 4.79. The zero-order valence-electron chi connectivity index (χ0n) is 11.8. The molecule has 0 bridgehead atoms. The number of rotatable bonds is 5. The largest absolute Gasteiger partial charge is 0.398 e. The molecular weight excluding hydrogens is 256 g/mol. The number of nitrogens with two attached hydrogens (primary N) is 1. The highest BCUT2D eigenvalue weighted by molar-refractivity contribution is 5.75. The summed E-state index contributed by atoms with van der Waals surface area (Å²) in [6, 6.07) is 3.33. The van der Waals surface area contributed by atoms with Crippen molar-refractivity contribution in [2.45, 2.75) is 32.4 Å². The molecule has 1 unspecified atom stereocenters. The lowest BCUT2D eigenvalue weighted by Crippen LogP contribution is -2.41. The third-order valence-corrected chi connectivity index (χ3v) is 3.76. The van der Waals surface area contributed by atoms with Gasteiger partial charge in [-0.15, -0.1) is 0 Å². The molecule has 3 N–H and O–H groups in total. The third kappa shape index (κ3) is 3.60. The van der Waals surface area contributed by atoms with Gasteiger partial charge in [-0.2, -0.15) is 0 Å². The van der Waals surface area contributed by atoms with Crippen LogP contribution in [0.2, 0.25) is 0 Å². The molecule has 1 fully saturated rings. The van der Waals surface area contributed by atoms with E-state index in [1.54, 1.807) is 0 Å². The summed E-state index contributed by atoms with van der Waals surface area (Å²) in [5, 5.41) is 2.90. The van der Waals surface area contributed by atoms with Gasteiger partial charge >= 0.3 is 0 Å². The maximum atomic E-state index is 11.9. The second-order valence-corrected chi connectivity index (χ2v) is 5.16. The highest BCUT2D eigenvalue weighted by atomic mass is 16.2. The highest BCUT2D eigenvalue weighted by Gasteiger charge is 2.23. The number of hydrogen-bond acceptors (Lipinski definition) is 4. The Balaban J connectivity index is 1.86. The first-order valence-electron chi connectivity index (χ1n) is 7.07. The van der Waals surface area contributed by atoms with Crippen LogP contribution in [0.5, 0.6) is 0 Å². The number of pyridine rings is 1. The number of anilines is 1. The summed E-state index contributed by atoms with van der Waals surface area (Å²) in [5.74, 6) is -0.152. The molecule has 1 atom stereocenters. The van der Waals surface area contributed by atoms with Crippen LogP contribution >= 0.6 is 0 Å². The smallest absolute Gasteiger partial charge is 0.251 e. The van der Waals surface area contributed by atoms with Crippen molar-refractivity contribution < 1.29 is 4.79 Å². The molecular formula is C14H22N4O2. The fraction of sp³-hybridized carbons (Fsp3) is 0.571. The molecule has 2 heterocycles. The fourth-order valence-electron chi connectivity index (χ4n) is 2.66. The van der Waals surface area contributed by atoms with Crippen molar-refractivity contribution in [1.29, 1.82) is 0 Å². The molecule has 2 rings (SSSR count). The molecule has 0 aromatic carbocycles. The maximum absolute atomic E-state index is 11.9. The number of nitrogens with zero attached hydrogens (tertiary/aromatic N) is 2. The van der Waals surface area contributed by atoms with Crippen molar-refractivity contribution in [3.05, 3.63) is 28.7 Å². The first-order valence-corrected chi connectivity index (χ1v) is 7.07. The molecule has 1 saturated heterocycles. The van der Waals surface area contributed by atoms with Crippen LogP contribution in [0, 0.1) is 0 Å². The lowest BCUT2D eigenvalue weighted by atomic mass is 10.2. The van der Waals surface area contributed by atoms with Gasteiger partial charge in [-0.3, -0.25) is 14.5 Å². The summed E-state index contributed by atoms with van der Waals surface area (Å²) >= 11 is 0. The third-order valence-electron chi connectivity index (χ3n) is 3.76. The quantitative estimate of drug-likeness (QED) is 0.796. The molecule has 20 heavy (non-hydrogen) atoms. The zero-order chi connectivity index (χ0) is 14.5. The Morgan fingerprint density at radius 1 is 1.50 bits per heavy atom. The number of nitrogen functional groups attached to an aromatic ring is 1. The molecule has 110 valence electrons. The van der Waals surface area contributed by atoms with Crippen molar-refractivity contribution in [2.24, 2.45) is 0 Å². The topological polar surface area (TPSA) is 80.4 Å². The summed E-state index contributed by atoms with van der Waals surface area (Å²) in [6.07, 6.45) is 3.80. The Labute approximate surface area is 118 Å². The van der Waals surface area contributed by atoms with E-state index in [9.17, 15) is 9.59 Å². The predicted molar refractivity (Wildman–Crippen MR) is 78.4 cm³/mol. The van der Waals surface area contributed by atoms with Crippen LogP contribution in [0.4, 0.5) is 5.69 Å². The number of hydrogen-bond donors (Lipinski definition) is 2. The van der Waals surface area contributed by atoms with Crippen LogP contribution in [0.25, 0.3) is 0 Å². The Morgan fingerprint density at radius 2 is 2.30 bits per heavy atom. The van der Waals surface area contributed by atoms with Crippen LogP contribution in [-0.2, 0) is 11.3 Å². The van der Waals surface area contributed by atoms with Gasteiger partial charge in [-0.1, -0.05) is 6.92 Å². The summed E-state index contributed by atoms with van der Waals surface area (Å²) in [7, 11) is 0. The van der Waals surface area contributed by atoms with Gasteiger partial charge in [0, 0.05) is 30.5 Å². The van der Waals surface area contributed by atoms with E-state index in [4.69, 9.17) is 5.73 Å². The van der Waals surface area contributed by atoms with E-state index >= 15 is 0 Å². The number of amides is 1. The molecule has 1 aromatic heterocycles. The maximum Gasteiger partial charge on any atom is 0.251 e. The lowest BCUT2D eigenvalue weighted by molar-refractivity contribution is -0.121. The minimum absolute atomic E-state index is 0.0166. The van der Waals surface area contributed by atoms with Crippen LogP contribution in [0.15, 0.2) is 23.1 Å². The predicted octanol–water partition coefficient (Wildman–Crippen LogP) is 0.0310. The van der Waals surface area contributed by atoms with Crippen molar-refractivity contribution in [3.8, 4) is 0 Å². The van der Waals surface area contributed by atoms with E-state index in [1.807, 2.05) is 0 Å². The van der Waals surface area contributed by atoms with Crippen molar-refractivity contribution in [1.82, 2.24) is 14.8 Å². The Morgan fingerprint density at radius 3 is 3.05 bits per heavy atom. The van der Waals surface area contributed by atoms with E-state index < -0.39 is 0 Å². The van der Waals surface area contributed by atoms with Crippen LogP contribution in [-0.4, -0.2) is 41.1 Å². The monoisotopic (exact) mass is 278 g/mol. The molecule has 6 heteroatoms. The standard InChI is InChI=1S/C14H22N4O2/c1-2-17-7-3-4-12(17)8-16-13(19)10-18-9-11(15)5-6-14(18)20/h5-6,9,12H,2-4,7-8,10,15H2,1H3,(H,16,19). The van der Waals surface area contributed by atoms with Gasteiger partial charge in [0.15, 0.2) is 0 Å². The van der Waals surface area contributed by atoms with Gasteiger partial charge in [0.25, 0.3) is 5.56 Å². The van der Waals surface area contributed by atoms with Gasteiger partial charge in [0.05, 0.1) is 0 Å². The van der Waals surface area contributed by atoms with E-state index in [0.29, 0.717) is 18.3 Å². The average Bonchev–Trinajstić information content (AvgIpc) is 2.88. The SMILES string of the molecule is CCN1CCCC1CNC(=O)Cn1cc(N)ccc1=O. The van der Waals surface area contributed by atoms with Gasteiger partial charge in [0.2, 0.25) is 5.91 Å². The van der Waals surface area contributed by atoms with E-state index in [2.05, 4.69) is 17.1 Å². The Hall–Kier alpha value is -1.82. The lowest BCUT2D eigenvalue weighted by Gasteiger charge is -2.22. The zero-order valence-corrected chi connectivity index (χ0v) is 11.8. The number of nitrogens with one attached hydrogen (secondary N) is 1. The average molecular weight is 278 g/mol. The van der Waals surface area contributed by atoms with Crippen molar-refractivity contribution in [2.75, 3.05) is 25.4 Å². The van der Waals surface area contributed by atoms with E-state index in [0.717, 1.165) is 19.5 Å². The minimum atomic E-state index is -0.217. The molecule has 0 spiro atoms. The molecule has 0 aliphatic carbocycles. The van der Waals surface area contributed by atoms with Crippen molar-refractivity contribution in [3.63, 3.8) is 0 Å².